The first kappa shape index (κ1) is 19.2. The first-order chi connectivity index (χ1) is 12.5. The molecule has 0 aliphatic heterocycles. The number of carbonyl (C=O) groups excluding carboxylic acids is 2. The van der Waals surface area contributed by atoms with Gasteiger partial charge < -0.3 is 14.8 Å². The molecule has 0 saturated heterocycles. The lowest BCUT2D eigenvalue weighted by molar-refractivity contribution is -0.148. The molecule has 1 amide bonds. The van der Waals surface area contributed by atoms with Gasteiger partial charge in [0.15, 0.2) is 6.10 Å². The minimum absolute atomic E-state index is 0.291. The summed E-state index contributed by atoms with van der Waals surface area (Å²) in [5, 5.41) is 2.49. The van der Waals surface area contributed by atoms with Crippen molar-refractivity contribution in [1.29, 1.82) is 0 Å². The van der Waals surface area contributed by atoms with Gasteiger partial charge in [-0.2, -0.15) is 0 Å². The van der Waals surface area contributed by atoms with Crippen molar-refractivity contribution in [3.63, 3.8) is 0 Å². The average molecular weight is 357 g/mol. The second kappa shape index (κ2) is 9.36. The number of carbonyl (C=O) groups is 2. The number of hydrogen-bond acceptors (Lipinski definition) is 4. The molecule has 2 rings (SSSR count). The van der Waals surface area contributed by atoms with E-state index in [1.54, 1.807) is 24.3 Å². The van der Waals surface area contributed by atoms with Gasteiger partial charge in [0.2, 0.25) is 0 Å². The van der Waals surface area contributed by atoms with Crippen LogP contribution in [-0.4, -0.2) is 24.6 Å². The number of ether oxygens (including phenoxy) is 2. The van der Waals surface area contributed by atoms with Crippen LogP contribution in [0.2, 0.25) is 0 Å². The Morgan fingerprint density at radius 1 is 1.19 bits per heavy atom. The van der Waals surface area contributed by atoms with E-state index in [1.807, 2.05) is 19.1 Å². The Labute approximate surface area is 151 Å². The summed E-state index contributed by atoms with van der Waals surface area (Å²) < 4.78 is 23.7. The third-order valence-corrected chi connectivity index (χ3v) is 3.37. The zero-order chi connectivity index (χ0) is 18.9. The number of halogens is 1. The Hall–Kier alpha value is -3.15. The number of rotatable bonds is 7. The first-order valence-corrected chi connectivity index (χ1v) is 8.16. The summed E-state index contributed by atoms with van der Waals surface area (Å²) in [6, 6.07) is 12.7. The van der Waals surface area contributed by atoms with Crippen LogP contribution in [0.15, 0.2) is 54.6 Å². The standard InChI is InChI=1S/C20H20FNO4/c1-3-25-18-10-5-4-7-15(18)11-12-19(23)26-14(2)20(24)22-17-9-6-8-16(21)13-17/h4-14H,3H2,1-2H3,(H,22,24)/b12-11+/t14-/m0/s1. The molecule has 2 aromatic carbocycles. The summed E-state index contributed by atoms with van der Waals surface area (Å²) >= 11 is 0. The number of esters is 1. The Balaban J connectivity index is 1.93. The number of hydrogen-bond donors (Lipinski definition) is 1. The number of benzene rings is 2. The molecule has 0 radical (unpaired) electrons. The molecule has 0 bridgehead atoms. The molecule has 26 heavy (non-hydrogen) atoms. The zero-order valence-electron chi connectivity index (χ0n) is 14.6. The third-order valence-electron chi connectivity index (χ3n) is 3.37. The molecule has 5 nitrogen and oxygen atoms in total. The zero-order valence-corrected chi connectivity index (χ0v) is 14.6. The largest absolute Gasteiger partial charge is 0.493 e. The summed E-state index contributed by atoms with van der Waals surface area (Å²) in [5.74, 6) is -1.04. The van der Waals surface area contributed by atoms with Crippen LogP contribution in [0.1, 0.15) is 19.4 Å². The van der Waals surface area contributed by atoms with Gasteiger partial charge in [-0.1, -0.05) is 24.3 Å². The fourth-order valence-corrected chi connectivity index (χ4v) is 2.14. The summed E-state index contributed by atoms with van der Waals surface area (Å²) in [4.78, 5) is 23.9. The second-order valence-electron chi connectivity index (χ2n) is 5.38. The number of amides is 1. The molecule has 2 aromatic rings. The number of para-hydroxylation sites is 1. The van der Waals surface area contributed by atoms with Crippen molar-refractivity contribution in [2.24, 2.45) is 0 Å². The fraction of sp³-hybridized carbons (Fsp3) is 0.200. The van der Waals surface area contributed by atoms with Gasteiger partial charge >= 0.3 is 5.97 Å². The highest BCUT2D eigenvalue weighted by molar-refractivity contribution is 5.96. The second-order valence-corrected chi connectivity index (χ2v) is 5.38. The molecule has 0 aromatic heterocycles. The van der Waals surface area contributed by atoms with Gasteiger partial charge in [0, 0.05) is 17.3 Å². The van der Waals surface area contributed by atoms with Crippen molar-refractivity contribution < 1.29 is 23.5 Å². The van der Waals surface area contributed by atoms with E-state index < -0.39 is 23.8 Å². The highest BCUT2D eigenvalue weighted by atomic mass is 19.1. The molecule has 0 fully saturated rings. The minimum Gasteiger partial charge on any atom is -0.493 e. The van der Waals surface area contributed by atoms with E-state index in [4.69, 9.17) is 9.47 Å². The Morgan fingerprint density at radius 2 is 1.96 bits per heavy atom. The van der Waals surface area contributed by atoms with Gasteiger partial charge in [0.25, 0.3) is 5.91 Å². The Morgan fingerprint density at radius 3 is 2.69 bits per heavy atom. The summed E-state index contributed by atoms with van der Waals surface area (Å²) in [7, 11) is 0. The van der Waals surface area contributed by atoms with E-state index in [0.717, 1.165) is 5.56 Å². The van der Waals surface area contributed by atoms with Gasteiger partial charge in [-0.3, -0.25) is 4.79 Å². The lowest BCUT2D eigenvalue weighted by atomic mass is 10.2. The predicted octanol–water partition coefficient (Wildman–Crippen LogP) is 3.81. The first-order valence-electron chi connectivity index (χ1n) is 8.16. The fourth-order valence-electron chi connectivity index (χ4n) is 2.14. The predicted molar refractivity (Wildman–Crippen MR) is 97.2 cm³/mol. The van der Waals surface area contributed by atoms with Gasteiger partial charge in [-0.25, -0.2) is 9.18 Å². The molecule has 6 heteroatoms. The van der Waals surface area contributed by atoms with Crippen LogP contribution < -0.4 is 10.1 Å². The van der Waals surface area contributed by atoms with E-state index in [2.05, 4.69) is 5.32 Å². The van der Waals surface area contributed by atoms with Crippen molar-refractivity contribution in [2.45, 2.75) is 20.0 Å². The van der Waals surface area contributed by atoms with Crippen LogP contribution in [0.4, 0.5) is 10.1 Å². The minimum atomic E-state index is -1.03. The van der Waals surface area contributed by atoms with E-state index in [1.165, 1.54) is 31.2 Å². The van der Waals surface area contributed by atoms with Crippen LogP contribution in [0.25, 0.3) is 6.08 Å². The summed E-state index contributed by atoms with van der Waals surface area (Å²) in [6.45, 7) is 3.81. The molecule has 0 aliphatic rings. The van der Waals surface area contributed by atoms with Crippen LogP contribution in [0.5, 0.6) is 5.75 Å². The molecule has 136 valence electrons. The van der Waals surface area contributed by atoms with Crippen molar-refractivity contribution in [2.75, 3.05) is 11.9 Å². The highest BCUT2D eigenvalue weighted by Crippen LogP contribution is 2.19. The molecule has 0 aliphatic carbocycles. The van der Waals surface area contributed by atoms with E-state index in [9.17, 15) is 14.0 Å². The topological polar surface area (TPSA) is 64.6 Å². The quantitative estimate of drug-likeness (QED) is 0.605. The van der Waals surface area contributed by atoms with Crippen molar-refractivity contribution in [1.82, 2.24) is 0 Å². The normalized spacial score (nSPS) is 11.8. The molecule has 0 saturated carbocycles. The average Bonchev–Trinajstić information content (AvgIpc) is 2.61. The third kappa shape index (κ3) is 5.73. The van der Waals surface area contributed by atoms with E-state index in [-0.39, 0.29) is 0 Å². The van der Waals surface area contributed by atoms with Gasteiger partial charge in [-0.05, 0) is 44.2 Å². The van der Waals surface area contributed by atoms with E-state index in [0.29, 0.717) is 18.0 Å². The molecule has 0 spiro atoms. The maximum absolute atomic E-state index is 13.1. The molecular weight excluding hydrogens is 337 g/mol. The van der Waals surface area contributed by atoms with Crippen LogP contribution >= 0.6 is 0 Å². The van der Waals surface area contributed by atoms with E-state index >= 15 is 0 Å². The highest BCUT2D eigenvalue weighted by Gasteiger charge is 2.17. The smallest absolute Gasteiger partial charge is 0.331 e. The number of nitrogens with one attached hydrogen (secondary N) is 1. The lowest BCUT2D eigenvalue weighted by Gasteiger charge is -2.12. The lowest BCUT2D eigenvalue weighted by Crippen LogP contribution is -2.29. The van der Waals surface area contributed by atoms with Crippen LogP contribution in [-0.2, 0) is 14.3 Å². The van der Waals surface area contributed by atoms with Gasteiger partial charge in [0.1, 0.15) is 11.6 Å². The Bertz CT molecular complexity index is 804. The summed E-state index contributed by atoms with van der Waals surface area (Å²) in [5.41, 5.74) is 1.02. The number of anilines is 1. The monoisotopic (exact) mass is 357 g/mol. The maximum Gasteiger partial charge on any atom is 0.331 e. The Kier molecular flexibility index (Phi) is 6.91. The van der Waals surface area contributed by atoms with Crippen molar-refractivity contribution >= 4 is 23.6 Å². The SMILES string of the molecule is CCOc1ccccc1/C=C/C(=O)O[C@@H](C)C(=O)Nc1cccc(F)c1. The molecular formula is C20H20FNO4. The molecule has 1 N–H and O–H groups in total. The van der Waals surface area contributed by atoms with Crippen molar-refractivity contribution in [3.05, 3.63) is 66.0 Å². The summed E-state index contributed by atoms with van der Waals surface area (Å²) in [6.07, 6.45) is 1.76. The van der Waals surface area contributed by atoms with Gasteiger partial charge in [0.05, 0.1) is 6.61 Å². The van der Waals surface area contributed by atoms with Crippen molar-refractivity contribution in [3.8, 4) is 5.75 Å². The van der Waals surface area contributed by atoms with Crippen LogP contribution in [0, 0.1) is 5.82 Å². The van der Waals surface area contributed by atoms with Crippen LogP contribution in [0.3, 0.4) is 0 Å². The molecule has 0 unspecified atom stereocenters. The molecule has 1 atom stereocenters. The molecule has 0 heterocycles. The maximum atomic E-state index is 13.1. The van der Waals surface area contributed by atoms with Gasteiger partial charge in [-0.15, -0.1) is 0 Å².